The van der Waals surface area contributed by atoms with Crippen LogP contribution in [0.2, 0.25) is 0 Å². The quantitative estimate of drug-likeness (QED) is 0.863. The summed E-state index contributed by atoms with van der Waals surface area (Å²) < 4.78 is 10.2. The van der Waals surface area contributed by atoms with E-state index in [0.717, 1.165) is 16.8 Å². The average Bonchev–Trinajstić information content (AvgIpc) is 2.53. The molecule has 0 amide bonds. The Morgan fingerprint density at radius 3 is 2.82 bits per heavy atom. The Morgan fingerprint density at radius 1 is 1.27 bits per heavy atom. The van der Waals surface area contributed by atoms with Crippen molar-refractivity contribution in [1.29, 1.82) is 0 Å². The number of hydrogen-bond donors (Lipinski definition) is 1. The maximum absolute atomic E-state index is 11.9. The second kappa shape index (κ2) is 5.52. The molecule has 0 saturated heterocycles. The van der Waals surface area contributed by atoms with Gasteiger partial charge in [0.2, 0.25) is 5.76 Å². The van der Waals surface area contributed by atoms with Crippen LogP contribution in [-0.2, 0) is 19.1 Å². The lowest BCUT2D eigenvalue weighted by Crippen LogP contribution is -2.21. The second-order valence-electron chi connectivity index (χ2n) is 5.00. The van der Waals surface area contributed by atoms with Crippen LogP contribution in [-0.4, -0.2) is 24.0 Å². The molecule has 1 heterocycles. The van der Waals surface area contributed by atoms with Crippen molar-refractivity contribution in [2.24, 2.45) is 0 Å². The number of phenolic OH excluding ortho intramolecular Hbond substituents is 1. The zero-order valence-electron chi connectivity index (χ0n) is 11.9. The lowest BCUT2D eigenvalue weighted by molar-refractivity contribution is -0.143. The number of carbonyl (C=O) groups is 2. The number of phenols is 1. The highest BCUT2D eigenvalue weighted by molar-refractivity contribution is 6.00. The maximum Gasteiger partial charge on any atom is 0.373 e. The van der Waals surface area contributed by atoms with Gasteiger partial charge in [-0.3, -0.25) is 4.79 Å². The monoisotopic (exact) mass is 298 g/mol. The van der Waals surface area contributed by atoms with E-state index >= 15 is 0 Å². The molecule has 0 unspecified atom stereocenters. The molecular formula is C17H14O5. The van der Waals surface area contributed by atoms with Crippen LogP contribution in [0.15, 0.2) is 48.2 Å². The highest BCUT2D eigenvalue weighted by Crippen LogP contribution is 2.38. The fourth-order valence-electron chi connectivity index (χ4n) is 2.61. The maximum atomic E-state index is 11.9. The van der Waals surface area contributed by atoms with Gasteiger partial charge in [-0.05, 0) is 16.8 Å². The normalized spacial score (nSPS) is 17.8. The van der Waals surface area contributed by atoms with Crippen LogP contribution in [0.1, 0.15) is 18.1 Å². The van der Waals surface area contributed by atoms with Gasteiger partial charge in [0.25, 0.3) is 0 Å². The standard InChI is InChI=1S/C17H14O5/c1-21-17(20)15-9-11(18)8-14(22-15)16-12-5-3-2-4-10(12)6-7-13(16)19/h2-7,9,14,19H,8H2,1H3/t14-/m1/s1. The first-order chi connectivity index (χ1) is 10.6. The molecule has 22 heavy (non-hydrogen) atoms. The van der Waals surface area contributed by atoms with Crippen LogP contribution >= 0.6 is 0 Å². The van der Waals surface area contributed by atoms with Gasteiger partial charge in [0, 0.05) is 11.6 Å². The van der Waals surface area contributed by atoms with Gasteiger partial charge in [-0.2, -0.15) is 0 Å². The topological polar surface area (TPSA) is 72.8 Å². The fraction of sp³-hybridized carbons (Fsp3) is 0.176. The van der Waals surface area contributed by atoms with Gasteiger partial charge in [0.05, 0.1) is 13.5 Å². The van der Waals surface area contributed by atoms with Gasteiger partial charge in [0.15, 0.2) is 5.78 Å². The smallest absolute Gasteiger partial charge is 0.373 e. The van der Waals surface area contributed by atoms with Gasteiger partial charge < -0.3 is 14.6 Å². The Hall–Kier alpha value is -2.82. The molecule has 5 heteroatoms. The van der Waals surface area contributed by atoms with Crippen molar-refractivity contribution in [3.63, 3.8) is 0 Å². The summed E-state index contributed by atoms with van der Waals surface area (Å²) in [6, 6.07) is 10.8. The first kappa shape index (κ1) is 14.1. The molecule has 0 aliphatic carbocycles. The number of methoxy groups -OCH3 is 1. The Bertz CT molecular complexity index is 791. The average molecular weight is 298 g/mol. The Labute approximate surface area is 126 Å². The van der Waals surface area contributed by atoms with Gasteiger partial charge in [0.1, 0.15) is 11.9 Å². The highest BCUT2D eigenvalue weighted by atomic mass is 16.6. The van der Waals surface area contributed by atoms with E-state index in [-0.39, 0.29) is 23.7 Å². The van der Waals surface area contributed by atoms with E-state index in [0.29, 0.717) is 5.56 Å². The fourth-order valence-corrected chi connectivity index (χ4v) is 2.61. The van der Waals surface area contributed by atoms with E-state index in [1.165, 1.54) is 7.11 Å². The summed E-state index contributed by atoms with van der Waals surface area (Å²) >= 11 is 0. The number of benzene rings is 2. The molecule has 0 aromatic heterocycles. The second-order valence-corrected chi connectivity index (χ2v) is 5.00. The number of esters is 1. The predicted octanol–water partition coefficient (Wildman–Crippen LogP) is 2.63. The number of fused-ring (bicyclic) bond motifs is 1. The largest absolute Gasteiger partial charge is 0.508 e. The minimum atomic E-state index is -0.724. The molecule has 0 fully saturated rings. The zero-order chi connectivity index (χ0) is 15.7. The van der Waals surface area contributed by atoms with Gasteiger partial charge in [-0.1, -0.05) is 30.3 Å². The molecule has 5 nitrogen and oxygen atoms in total. The first-order valence-electron chi connectivity index (χ1n) is 6.80. The number of carbonyl (C=O) groups excluding carboxylic acids is 2. The van der Waals surface area contributed by atoms with Gasteiger partial charge in [-0.15, -0.1) is 0 Å². The number of aromatic hydroxyl groups is 1. The summed E-state index contributed by atoms with van der Waals surface area (Å²) in [5.41, 5.74) is 0.501. The van der Waals surface area contributed by atoms with E-state index < -0.39 is 12.1 Å². The van der Waals surface area contributed by atoms with Crippen LogP contribution in [0.4, 0.5) is 0 Å². The number of hydrogen-bond acceptors (Lipinski definition) is 5. The molecule has 1 aliphatic heterocycles. The third-order valence-corrected chi connectivity index (χ3v) is 3.60. The van der Waals surface area contributed by atoms with Gasteiger partial charge in [-0.25, -0.2) is 4.79 Å². The van der Waals surface area contributed by atoms with Crippen molar-refractivity contribution in [2.75, 3.05) is 7.11 Å². The Morgan fingerprint density at radius 2 is 2.05 bits per heavy atom. The van der Waals surface area contributed by atoms with E-state index in [1.807, 2.05) is 24.3 Å². The summed E-state index contributed by atoms with van der Waals surface area (Å²) in [6.45, 7) is 0. The lowest BCUT2D eigenvalue weighted by atomic mass is 9.95. The number of ketones is 1. The van der Waals surface area contributed by atoms with Gasteiger partial charge >= 0.3 is 5.97 Å². The molecule has 2 aromatic carbocycles. The molecule has 1 aliphatic rings. The third kappa shape index (κ3) is 2.41. The summed E-state index contributed by atoms with van der Waals surface area (Å²) in [5, 5.41) is 11.9. The van der Waals surface area contributed by atoms with Crippen LogP contribution in [0, 0.1) is 0 Å². The molecule has 2 aromatic rings. The van der Waals surface area contributed by atoms with Crippen LogP contribution in [0.5, 0.6) is 5.75 Å². The van der Waals surface area contributed by atoms with Crippen molar-refractivity contribution in [1.82, 2.24) is 0 Å². The molecule has 3 rings (SSSR count). The molecule has 1 atom stereocenters. The summed E-state index contributed by atoms with van der Waals surface area (Å²) in [6.07, 6.45) is 0.463. The van der Waals surface area contributed by atoms with Crippen molar-refractivity contribution < 1.29 is 24.2 Å². The van der Waals surface area contributed by atoms with Crippen molar-refractivity contribution in [3.8, 4) is 5.75 Å². The summed E-state index contributed by atoms with van der Waals surface area (Å²) in [5.74, 6) is -1.07. The molecular weight excluding hydrogens is 284 g/mol. The van der Waals surface area contributed by atoms with E-state index in [4.69, 9.17) is 4.74 Å². The van der Waals surface area contributed by atoms with Crippen LogP contribution in [0.25, 0.3) is 10.8 Å². The molecule has 0 radical (unpaired) electrons. The summed E-state index contributed by atoms with van der Waals surface area (Å²) in [4.78, 5) is 23.5. The van der Waals surface area contributed by atoms with Crippen LogP contribution < -0.4 is 0 Å². The Kier molecular flexibility index (Phi) is 3.55. The highest BCUT2D eigenvalue weighted by Gasteiger charge is 2.30. The minimum Gasteiger partial charge on any atom is -0.508 e. The number of allylic oxidation sites excluding steroid dienone is 1. The zero-order valence-corrected chi connectivity index (χ0v) is 11.9. The van der Waals surface area contributed by atoms with E-state index in [1.54, 1.807) is 12.1 Å². The number of ether oxygens (including phenoxy) is 2. The van der Waals surface area contributed by atoms with Crippen molar-refractivity contribution in [2.45, 2.75) is 12.5 Å². The molecule has 112 valence electrons. The summed E-state index contributed by atoms with van der Waals surface area (Å²) in [7, 11) is 1.22. The first-order valence-corrected chi connectivity index (χ1v) is 6.80. The molecule has 0 bridgehead atoms. The van der Waals surface area contributed by atoms with E-state index in [9.17, 15) is 14.7 Å². The number of rotatable bonds is 2. The van der Waals surface area contributed by atoms with E-state index in [2.05, 4.69) is 4.74 Å². The van der Waals surface area contributed by atoms with Crippen LogP contribution in [0.3, 0.4) is 0 Å². The third-order valence-electron chi connectivity index (χ3n) is 3.60. The molecule has 1 N–H and O–H groups in total. The Balaban J connectivity index is 2.08. The van der Waals surface area contributed by atoms with Crippen molar-refractivity contribution in [3.05, 3.63) is 53.8 Å². The SMILES string of the molecule is COC(=O)C1=CC(=O)C[C@H](c2c(O)ccc3ccccc23)O1. The van der Waals surface area contributed by atoms with Crippen molar-refractivity contribution >= 4 is 22.5 Å². The predicted molar refractivity (Wildman–Crippen MR) is 79.2 cm³/mol. The lowest BCUT2D eigenvalue weighted by Gasteiger charge is -2.24. The minimum absolute atomic E-state index is 0.0302. The molecule has 0 saturated carbocycles. The molecule has 0 spiro atoms.